The topological polar surface area (TPSA) is 147 Å². The number of nitrogens with one attached hydrogen (secondary N) is 2. The Hall–Kier alpha value is -5.66. The van der Waals surface area contributed by atoms with Crippen LogP contribution in [0.5, 0.6) is 11.6 Å². The summed E-state index contributed by atoms with van der Waals surface area (Å²) >= 11 is 0. The first-order valence-electron chi connectivity index (χ1n) is 17.4. The zero-order valence-corrected chi connectivity index (χ0v) is 28.7. The van der Waals surface area contributed by atoms with E-state index in [9.17, 15) is 19.5 Å². The second-order valence-corrected chi connectivity index (χ2v) is 13.1. The van der Waals surface area contributed by atoms with E-state index in [0.717, 1.165) is 23.0 Å². The van der Waals surface area contributed by atoms with Crippen molar-refractivity contribution in [2.24, 2.45) is 0 Å². The fraction of sp³-hybridized carbons (Fsp3) is 0.308. The minimum absolute atomic E-state index is 0.0740. The van der Waals surface area contributed by atoms with Gasteiger partial charge in [-0.15, -0.1) is 0 Å². The van der Waals surface area contributed by atoms with Crippen LogP contribution in [0.25, 0.3) is 16.8 Å². The highest BCUT2D eigenvalue weighted by atomic mass is 19.1. The molecule has 13 heteroatoms. The van der Waals surface area contributed by atoms with Crippen LogP contribution in [0.3, 0.4) is 0 Å². The molecule has 0 radical (unpaired) electrons. The fourth-order valence-electron chi connectivity index (χ4n) is 6.86. The number of aromatic nitrogens is 3. The number of carboxylic acid groups (broad SMARTS) is 1. The Kier molecular flexibility index (Phi) is 10.2. The Morgan fingerprint density at radius 3 is 2.33 bits per heavy atom. The van der Waals surface area contributed by atoms with E-state index in [0.29, 0.717) is 75.4 Å². The second kappa shape index (κ2) is 15.3. The van der Waals surface area contributed by atoms with Crippen LogP contribution in [0.15, 0.2) is 79.1 Å². The van der Waals surface area contributed by atoms with Crippen molar-refractivity contribution in [1.29, 1.82) is 0 Å². The van der Waals surface area contributed by atoms with Crippen molar-refractivity contribution in [3.05, 3.63) is 113 Å². The van der Waals surface area contributed by atoms with Crippen LogP contribution < -0.4 is 15.4 Å². The highest BCUT2D eigenvalue weighted by molar-refractivity contribution is 5.95. The lowest BCUT2D eigenvalue weighted by Gasteiger charge is -2.29. The largest absolute Gasteiger partial charge is 0.478 e. The zero-order valence-electron chi connectivity index (χ0n) is 28.7. The standard InChI is InChI=1S/C39H39FN6O6/c1-24-6-5-9-34-44-33(23-46(24)34)38(48)43-27-12-10-26(11-13-27)42-37(47)30-20-35(41-21-32(30)40)52-36-29(39(49)50)15-14-28(25-7-3-2-4-8-25)31(36)22-45-16-18-51-19-17-45/h2-9,14-15,20-21,23,26-27H,10-13,16-19,22H2,1H3,(H,42,47)(H,43,48)(H,49,50). The van der Waals surface area contributed by atoms with Crippen molar-refractivity contribution < 1.29 is 33.4 Å². The van der Waals surface area contributed by atoms with Crippen LogP contribution >= 0.6 is 0 Å². The van der Waals surface area contributed by atoms with E-state index in [-0.39, 0.29) is 40.7 Å². The Bertz CT molecular complexity index is 2110. The Balaban J connectivity index is 1.05. The van der Waals surface area contributed by atoms with Gasteiger partial charge in [0.25, 0.3) is 11.8 Å². The number of halogens is 1. The number of carbonyl (C=O) groups is 3. The third-order valence-electron chi connectivity index (χ3n) is 9.67. The van der Waals surface area contributed by atoms with Gasteiger partial charge in [-0.05, 0) is 61.9 Å². The number of carbonyl (C=O) groups excluding carboxylic acids is 2. The maximum atomic E-state index is 15.1. The third-order valence-corrected chi connectivity index (χ3v) is 9.67. The molecule has 3 aromatic heterocycles. The summed E-state index contributed by atoms with van der Waals surface area (Å²) < 4.78 is 28.7. The molecule has 12 nitrogen and oxygen atoms in total. The maximum absolute atomic E-state index is 15.1. The van der Waals surface area contributed by atoms with E-state index in [2.05, 4.69) is 25.5 Å². The lowest BCUT2D eigenvalue weighted by Crippen LogP contribution is -2.44. The van der Waals surface area contributed by atoms with E-state index >= 15 is 4.39 Å². The van der Waals surface area contributed by atoms with E-state index < -0.39 is 17.7 Å². The third kappa shape index (κ3) is 7.65. The van der Waals surface area contributed by atoms with Crippen LogP contribution in [0.4, 0.5) is 4.39 Å². The van der Waals surface area contributed by atoms with Crippen molar-refractivity contribution >= 4 is 23.4 Å². The monoisotopic (exact) mass is 706 g/mol. The van der Waals surface area contributed by atoms with Crippen LogP contribution in [-0.4, -0.2) is 80.5 Å². The van der Waals surface area contributed by atoms with Crippen molar-refractivity contribution in [2.45, 2.75) is 51.2 Å². The minimum Gasteiger partial charge on any atom is -0.478 e. The highest BCUT2D eigenvalue weighted by Crippen LogP contribution is 2.38. The molecule has 268 valence electrons. The zero-order chi connectivity index (χ0) is 36.2. The lowest BCUT2D eigenvalue weighted by atomic mass is 9.91. The summed E-state index contributed by atoms with van der Waals surface area (Å²) in [6, 6.07) is 19.4. The predicted octanol–water partition coefficient (Wildman–Crippen LogP) is 5.64. The lowest BCUT2D eigenvalue weighted by molar-refractivity contribution is 0.0339. The van der Waals surface area contributed by atoms with Gasteiger partial charge in [-0.2, -0.15) is 0 Å². The number of pyridine rings is 2. The number of rotatable bonds is 10. The summed E-state index contributed by atoms with van der Waals surface area (Å²) in [5, 5.41) is 16.2. The highest BCUT2D eigenvalue weighted by Gasteiger charge is 2.28. The van der Waals surface area contributed by atoms with Gasteiger partial charge in [-0.3, -0.25) is 14.5 Å². The van der Waals surface area contributed by atoms with Gasteiger partial charge >= 0.3 is 5.97 Å². The number of fused-ring (bicyclic) bond motifs is 1. The van der Waals surface area contributed by atoms with Crippen molar-refractivity contribution in [2.75, 3.05) is 26.3 Å². The van der Waals surface area contributed by atoms with E-state index in [4.69, 9.17) is 9.47 Å². The van der Waals surface area contributed by atoms with E-state index in [1.54, 1.807) is 12.3 Å². The Morgan fingerprint density at radius 2 is 1.63 bits per heavy atom. The van der Waals surface area contributed by atoms with Gasteiger partial charge in [0.15, 0.2) is 5.82 Å². The van der Waals surface area contributed by atoms with Gasteiger partial charge in [-0.1, -0.05) is 42.5 Å². The average Bonchev–Trinajstić information content (AvgIpc) is 3.61. The summed E-state index contributed by atoms with van der Waals surface area (Å²) in [6.45, 7) is 4.72. The van der Waals surface area contributed by atoms with Gasteiger partial charge in [0, 0.05) is 55.2 Å². The van der Waals surface area contributed by atoms with Gasteiger partial charge in [0.2, 0.25) is 5.88 Å². The molecule has 5 aromatic rings. The van der Waals surface area contributed by atoms with Crippen LogP contribution in [-0.2, 0) is 11.3 Å². The molecule has 7 rings (SSSR count). The average molecular weight is 707 g/mol. The predicted molar refractivity (Wildman–Crippen MR) is 190 cm³/mol. The summed E-state index contributed by atoms with van der Waals surface area (Å²) in [4.78, 5) is 49.5. The molecule has 1 aliphatic heterocycles. The molecule has 2 amide bonds. The first-order valence-corrected chi connectivity index (χ1v) is 17.4. The number of hydrogen-bond donors (Lipinski definition) is 3. The van der Waals surface area contributed by atoms with E-state index in [1.165, 1.54) is 12.1 Å². The summed E-state index contributed by atoms with van der Waals surface area (Å²) in [5.74, 6) is -2.96. The van der Waals surface area contributed by atoms with Crippen LogP contribution in [0.1, 0.15) is 68.1 Å². The molecule has 52 heavy (non-hydrogen) atoms. The molecule has 2 aromatic carbocycles. The number of nitrogens with zero attached hydrogens (tertiary/aromatic N) is 4. The first kappa shape index (κ1) is 34.8. The number of carboxylic acids is 1. The Morgan fingerprint density at radius 1 is 0.923 bits per heavy atom. The summed E-state index contributed by atoms with van der Waals surface area (Å²) in [6.07, 6.45) is 5.03. The fourth-order valence-corrected chi connectivity index (χ4v) is 6.86. The molecule has 1 saturated carbocycles. The maximum Gasteiger partial charge on any atom is 0.339 e. The number of morpholine rings is 1. The number of hydrogen-bond acceptors (Lipinski definition) is 8. The molecule has 0 bridgehead atoms. The molecule has 2 aliphatic rings. The van der Waals surface area contributed by atoms with E-state index in [1.807, 2.05) is 59.9 Å². The molecule has 0 atom stereocenters. The summed E-state index contributed by atoms with van der Waals surface area (Å²) in [7, 11) is 0. The molecule has 1 aliphatic carbocycles. The summed E-state index contributed by atoms with van der Waals surface area (Å²) in [5.41, 5.74) is 3.95. The first-order chi connectivity index (χ1) is 25.2. The van der Waals surface area contributed by atoms with Crippen molar-refractivity contribution in [1.82, 2.24) is 29.9 Å². The number of aromatic carboxylic acids is 1. The number of aryl methyl sites for hydroxylation is 1. The van der Waals surface area contributed by atoms with Crippen LogP contribution in [0.2, 0.25) is 0 Å². The number of imidazole rings is 1. The SMILES string of the molecule is Cc1cccc2nc(C(=O)NC3CCC(NC(=O)c4cc(Oc5c(C(=O)O)ccc(-c6ccccc6)c5CN5CCOCC5)ncc4F)CC3)cn12. The number of benzene rings is 2. The molecule has 2 fully saturated rings. The molecule has 1 saturated heterocycles. The van der Waals surface area contributed by atoms with Gasteiger partial charge in [-0.25, -0.2) is 19.2 Å². The molecule has 4 heterocycles. The normalized spacial score (nSPS) is 17.8. The number of amides is 2. The molecule has 0 unspecified atom stereocenters. The smallest absolute Gasteiger partial charge is 0.339 e. The molecular formula is C39H39FN6O6. The van der Waals surface area contributed by atoms with Crippen molar-refractivity contribution in [3.63, 3.8) is 0 Å². The molecule has 3 N–H and O–H groups in total. The van der Waals surface area contributed by atoms with Gasteiger partial charge in [0.1, 0.15) is 22.7 Å². The second-order valence-electron chi connectivity index (χ2n) is 13.1. The molecule has 0 spiro atoms. The Labute approximate surface area is 299 Å². The van der Waals surface area contributed by atoms with Gasteiger partial charge < -0.3 is 29.6 Å². The van der Waals surface area contributed by atoms with Crippen molar-refractivity contribution in [3.8, 4) is 22.8 Å². The number of ether oxygens (including phenoxy) is 2. The van der Waals surface area contributed by atoms with Gasteiger partial charge in [0.05, 0.1) is 25.0 Å². The quantitative estimate of drug-likeness (QED) is 0.168. The molecular weight excluding hydrogens is 667 g/mol. The van der Waals surface area contributed by atoms with Crippen LogP contribution in [0, 0.1) is 12.7 Å². The minimum atomic E-state index is -1.20.